The van der Waals surface area contributed by atoms with Crippen LogP contribution in [0.3, 0.4) is 0 Å². The van der Waals surface area contributed by atoms with Gasteiger partial charge in [0.1, 0.15) is 0 Å². The molecule has 0 fully saturated rings. The van der Waals surface area contributed by atoms with Gasteiger partial charge >= 0.3 is 0 Å². The first-order valence-electron chi connectivity index (χ1n) is 5.07. The van der Waals surface area contributed by atoms with Crippen molar-refractivity contribution in [2.24, 2.45) is 5.73 Å². The predicted molar refractivity (Wildman–Crippen MR) is 71.4 cm³/mol. The van der Waals surface area contributed by atoms with Gasteiger partial charge in [-0.15, -0.1) is 0 Å². The summed E-state index contributed by atoms with van der Waals surface area (Å²) in [5.74, 6) is 0.944. The van der Waals surface area contributed by atoms with E-state index in [9.17, 15) is 4.21 Å². The molecule has 5 heteroatoms. The van der Waals surface area contributed by atoms with Gasteiger partial charge in [-0.3, -0.25) is 4.21 Å². The zero-order valence-corrected chi connectivity index (χ0v) is 11.4. The molecule has 0 aliphatic heterocycles. The van der Waals surface area contributed by atoms with Gasteiger partial charge in [0.25, 0.3) is 0 Å². The first kappa shape index (κ1) is 14.0. The van der Waals surface area contributed by atoms with Crippen LogP contribution in [0.25, 0.3) is 0 Å². The minimum atomic E-state index is -0.970. The summed E-state index contributed by atoms with van der Waals surface area (Å²) in [7, 11) is -0.970. The zero-order valence-electron chi connectivity index (χ0n) is 9.08. The molecule has 0 aliphatic rings. The lowest BCUT2D eigenvalue weighted by Gasteiger charge is -2.09. The maximum Gasteiger partial charge on any atom is 0.0501 e. The summed E-state index contributed by atoms with van der Waals surface area (Å²) in [6.07, 6.45) is 0.833. The van der Waals surface area contributed by atoms with E-state index in [4.69, 9.17) is 28.9 Å². The van der Waals surface area contributed by atoms with Crippen molar-refractivity contribution >= 4 is 34.0 Å². The third kappa shape index (κ3) is 4.42. The molecule has 0 heterocycles. The Hall–Kier alpha value is -0.0900. The summed E-state index contributed by atoms with van der Waals surface area (Å²) in [5.41, 5.74) is 6.60. The quantitative estimate of drug-likeness (QED) is 0.901. The molecule has 0 aromatic heterocycles. The van der Waals surface area contributed by atoms with E-state index in [0.717, 1.165) is 12.0 Å². The van der Waals surface area contributed by atoms with Crippen molar-refractivity contribution in [1.29, 1.82) is 0 Å². The van der Waals surface area contributed by atoms with E-state index < -0.39 is 10.8 Å². The van der Waals surface area contributed by atoms with Gasteiger partial charge in [-0.2, -0.15) is 0 Å². The molecular weight excluding hydrogens is 265 g/mol. The van der Waals surface area contributed by atoms with Gasteiger partial charge in [-0.05, 0) is 24.1 Å². The van der Waals surface area contributed by atoms with E-state index in [-0.39, 0.29) is 6.04 Å². The van der Waals surface area contributed by atoms with E-state index in [1.54, 1.807) is 18.2 Å². The Kier molecular flexibility index (Phi) is 5.76. The van der Waals surface area contributed by atoms with Crippen LogP contribution in [-0.4, -0.2) is 16.0 Å². The van der Waals surface area contributed by atoms with Crippen molar-refractivity contribution in [2.75, 3.05) is 5.75 Å². The van der Waals surface area contributed by atoms with E-state index in [0.29, 0.717) is 21.6 Å². The maximum atomic E-state index is 11.8. The van der Waals surface area contributed by atoms with Crippen LogP contribution in [0.15, 0.2) is 18.2 Å². The predicted octanol–water partition coefficient (Wildman–Crippen LogP) is 2.98. The van der Waals surface area contributed by atoms with Gasteiger partial charge in [-0.1, -0.05) is 36.2 Å². The van der Waals surface area contributed by atoms with Crippen molar-refractivity contribution in [3.63, 3.8) is 0 Å². The fourth-order valence-corrected chi connectivity index (χ4v) is 3.21. The third-order valence-electron chi connectivity index (χ3n) is 2.26. The van der Waals surface area contributed by atoms with E-state index in [1.165, 1.54) is 0 Å². The van der Waals surface area contributed by atoms with Crippen LogP contribution in [0.5, 0.6) is 0 Å². The van der Waals surface area contributed by atoms with E-state index >= 15 is 0 Å². The highest BCUT2D eigenvalue weighted by atomic mass is 35.5. The van der Waals surface area contributed by atoms with E-state index in [2.05, 4.69) is 0 Å². The Labute approximate surface area is 109 Å². The number of hydrogen-bond acceptors (Lipinski definition) is 2. The first-order valence-corrected chi connectivity index (χ1v) is 7.31. The lowest BCUT2D eigenvalue weighted by atomic mass is 10.2. The second-order valence-electron chi connectivity index (χ2n) is 3.65. The number of hydrogen-bond donors (Lipinski definition) is 1. The Bertz CT molecular complexity index is 384. The molecular formula is C11H15Cl2NOS. The summed E-state index contributed by atoms with van der Waals surface area (Å²) in [6.45, 7) is 1.98. The molecule has 1 aromatic rings. The van der Waals surface area contributed by atoms with Crippen LogP contribution in [0.1, 0.15) is 18.9 Å². The molecule has 2 nitrogen and oxygen atoms in total. The fraction of sp³-hybridized carbons (Fsp3) is 0.455. The molecule has 0 amide bonds. The molecule has 1 rings (SSSR count). The van der Waals surface area contributed by atoms with Crippen LogP contribution < -0.4 is 5.73 Å². The fourth-order valence-electron chi connectivity index (χ4n) is 1.23. The van der Waals surface area contributed by atoms with Crippen molar-refractivity contribution in [3.05, 3.63) is 33.8 Å². The van der Waals surface area contributed by atoms with E-state index in [1.807, 2.05) is 6.92 Å². The molecule has 0 saturated heterocycles. The summed E-state index contributed by atoms with van der Waals surface area (Å²) in [4.78, 5) is 0. The molecule has 16 heavy (non-hydrogen) atoms. The maximum absolute atomic E-state index is 11.8. The standard InChI is InChI=1S/C11H15Cl2NOS/c1-2-10(14)7-16(15)6-8-3-4-9(12)5-11(8)13/h3-5,10H,2,6-7,14H2,1H3. The van der Waals surface area contributed by atoms with Gasteiger partial charge in [0, 0.05) is 32.6 Å². The third-order valence-corrected chi connectivity index (χ3v) is 4.28. The lowest BCUT2D eigenvalue weighted by Crippen LogP contribution is -2.26. The average molecular weight is 280 g/mol. The van der Waals surface area contributed by atoms with Gasteiger partial charge in [-0.25, -0.2) is 0 Å². The number of rotatable bonds is 5. The SMILES string of the molecule is CCC(N)CS(=O)Cc1ccc(Cl)cc1Cl. The smallest absolute Gasteiger partial charge is 0.0501 e. The second kappa shape index (κ2) is 6.60. The highest BCUT2D eigenvalue weighted by Gasteiger charge is 2.09. The molecule has 0 radical (unpaired) electrons. The lowest BCUT2D eigenvalue weighted by molar-refractivity contribution is 0.663. The average Bonchev–Trinajstić information content (AvgIpc) is 2.22. The first-order chi connectivity index (χ1) is 7.52. The molecule has 1 aromatic carbocycles. The summed E-state index contributed by atoms with van der Waals surface area (Å²) in [5, 5.41) is 1.15. The van der Waals surface area contributed by atoms with Crippen LogP contribution >= 0.6 is 23.2 Å². The number of nitrogens with two attached hydrogens (primary N) is 1. The largest absolute Gasteiger partial charge is 0.327 e. The number of benzene rings is 1. The van der Waals surface area contributed by atoms with Gasteiger partial charge in [0.15, 0.2) is 0 Å². The second-order valence-corrected chi connectivity index (χ2v) is 6.00. The summed E-state index contributed by atoms with van der Waals surface area (Å²) >= 11 is 11.8. The number of halogens is 2. The molecule has 2 atom stereocenters. The Morgan fingerprint density at radius 3 is 2.69 bits per heavy atom. The normalized spacial score (nSPS) is 14.8. The minimum Gasteiger partial charge on any atom is -0.327 e. The van der Waals surface area contributed by atoms with Crippen molar-refractivity contribution in [2.45, 2.75) is 25.1 Å². The molecule has 90 valence electrons. The van der Waals surface area contributed by atoms with Crippen LogP contribution in [0.2, 0.25) is 10.0 Å². The van der Waals surface area contributed by atoms with Crippen LogP contribution in [0.4, 0.5) is 0 Å². The minimum absolute atomic E-state index is 0.00749. The van der Waals surface area contributed by atoms with Crippen molar-refractivity contribution < 1.29 is 4.21 Å². The zero-order chi connectivity index (χ0) is 12.1. The molecule has 0 aliphatic carbocycles. The molecule has 0 saturated carbocycles. The van der Waals surface area contributed by atoms with Crippen LogP contribution in [-0.2, 0) is 16.6 Å². The Morgan fingerprint density at radius 2 is 2.12 bits per heavy atom. The molecule has 0 bridgehead atoms. The monoisotopic (exact) mass is 279 g/mol. The van der Waals surface area contributed by atoms with Gasteiger partial charge < -0.3 is 5.73 Å². The van der Waals surface area contributed by atoms with Gasteiger partial charge in [0.05, 0.1) is 5.75 Å². The molecule has 0 spiro atoms. The topological polar surface area (TPSA) is 43.1 Å². The highest BCUT2D eigenvalue weighted by molar-refractivity contribution is 7.84. The highest BCUT2D eigenvalue weighted by Crippen LogP contribution is 2.22. The molecule has 2 unspecified atom stereocenters. The summed E-state index contributed by atoms with van der Waals surface area (Å²) in [6, 6.07) is 5.21. The van der Waals surface area contributed by atoms with Crippen molar-refractivity contribution in [3.8, 4) is 0 Å². The van der Waals surface area contributed by atoms with Gasteiger partial charge in [0.2, 0.25) is 0 Å². The van der Waals surface area contributed by atoms with Crippen molar-refractivity contribution in [1.82, 2.24) is 0 Å². The Balaban J connectivity index is 2.63. The Morgan fingerprint density at radius 1 is 1.44 bits per heavy atom. The van der Waals surface area contributed by atoms with Crippen LogP contribution in [0, 0.1) is 0 Å². The molecule has 2 N–H and O–H groups in total. The summed E-state index contributed by atoms with van der Waals surface area (Å²) < 4.78 is 11.8.